The third kappa shape index (κ3) is 1.06. The molecule has 1 aromatic heterocycles. The average molecular weight is 168 g/mol. The smallest absolute Gasteiger partial charge is 0.307 e. The van der Waals surface area contributed by atoms with Crippen LogP contribution in [-0.4, -0.2) is 27.8 Å². The molecule has 0 saturated carbocycles. The molecule has 1 aliphatic heterocycles. The Bertz CT molecular complexity index is 304. The maximum Gasteiger partial charge on any atom is 0.307 e. The third-order valence-corrected chi connectivity index (χ3v) is 1.93. The quantitative estimate of drug-likeness (QED) is 0.495. The van der Waals surface area contributed by atoms with E-state index in [1.165, 1.54) is 12.4 Å². The second-order valence-corrected chi connectivity index (χ2v) is 2.75. The molecule has 0 bridgehead atoms. The average Bonchev–Trinajstić information content (AvgIpc) is 2.32. The molecule has 1 fully saturated rings. The van der Waals surface area contributed by atoms with Crippen molar-refractivity contribution in [3.05, 3.63) is 22.5 Å². The maximum absolute atomic E-state index is 10.3. The van der Waals surface area contributed by atoms with Crippen molar-refractivity contribution in [3.8, 4) is 0 Å². The van der Waals surface area contributed by atoms with E-state index in [0.29, 0.717) is 6.04 Å². The molecule has 64 valence electrons. The highest BCUT2D eigenvalue weighted by Crippen LogP contribution is 2.15. The fraction of sp³-hybridized carbons (Fsp3) is 0.500. The van der Waals surface area contributed by atoms with Crippen molar-refractivity contribution in [1.82, 2.24) is 15.1 Å². The minimum atomic E-state index is -0.435. The summed E-state index contributed by atoms with van der Waals surface area (Å²) in [6.07, 6.45) is 2.74. The molecule has 2 heterocycles. The first kappa shape index (κ1) is 7.23. The molecule has 1 saturated heterocycles. The summed E-state index contributed by atoms with van der Waals surface area (Å²) in [5.74, 6) is 0. The van der Waals surface area contributed by atoms with Gasteiger partial charge in [-0.15, -0.1) is 0 Å². The monoisotopic (exact) mass is 168 g/mol. The number of aromatic nitrogens is 2. The van der Waals surface area contributed by atoms with Crippen molar-refractivity contribution in [2.45, 2.75) is 6.04 Å². The van der Waals surface area contributed by atoms with Crippen molar-refractivity contribution in [2.75, 3.05) is 13.1 Å². The SMILES string of the molecule is O=[N+]([O-])c1cnn(C2CNC2)c1. The van der Waals surface area contributed by atoms with Gasteiger partial charge >= 0.3 is 5.69 Å². The van der Waals surface area contributed by atoms with E-state index in [4.69, 9.17) is 0 Å². The van der Waals surface area contributed by atoms with E-state index >= 15 is 0 Å². The van der Waals surface area contributed by atoms with Crippen molar-refractivity contribution in [1.29, 1.82) is 0 Å². The summed E-state index contributed by atoms with van der Waals surface area (Å²) >= 11 is 0. The van der Waals surface area contributed by atoms with Crippen LogP contribution in [-0.2, 0) is 0 Å². The Morgan fingerprint density at radius 2 is 2.50 bits per heavy atom. The molecule has 0 unspecified atom stereocenters. The van der Waals surface area contributed by atoms with Gasteiger partial charge < -0.3 is 5.32 Å². The van der Waals surface area contributed by atoms with Gasteiger partial charge in [-0.2, -0.15) is 5.10 Å². The van der Waals surface area contributed by atoms with Crippen molar-refractivity contribution in [2.24, 2.45) is 0 Å². The summed E-state index contributed by atoms with van der Waals surface area (Å²) in [5, 5.41) is 17.2. The summed E-state index contributed by atoms with van der Waals surface area (Å²) in [6.45, 7) is 1.69. The minimum absolute atomic E-state index is 0.0573. The number of rotatable bonds is 2. The highest BCUT2D eigenvalue weighted by molar-refractivity contribution is 5.21. The van der Waals surface area contributed by atoms with E-state index in [1.54, 1.807) is 4.68 Å². The van der Waals surface area contributed by atoms with Crippen LogP contribution in [0.4, 0.5) is 5.69 Å². The Kier molecular flexibility index (Phi) is 1.54. The molecule has 0 aliphatic carbocycles. The van der Waals surface area contributed by atoms with Crippen LogP contribution in [0, 0.1) is 10.1 Å². The second kappa shape index (κ2) is 2.56. The van der Waals surface area contributed by atoms with Crippen LogP contribution < -0.4 is 5.32 Å². The molecule has 0 spiro atoms. The van der Waals surface area contributed by atoms with Gasteiger partial charge in [-0.1, -0.05) is 0 Å². The number of nitro groups is 1. The van der Waals surface area contributed by atoms with Gasteiger partial charge in [-0.25, -0.2) is 0 Å². The first-order valence-electron chi connectivity index (χ1n) is 3.66. The Morgan fingerprint density at radius 3 is 2.92 bits per heavy atom. The standard InChI is InChI=1S/C6H8N4O2/c11-10(12)6-3-8-9(4-6)5-1-7-2-5/h3-5,7H,1-2H2. The highest BCUT2D eigenvalue weighted by atomic mass is 16.6. The zero-order valence-electron chi connectivity index (χ0n) is 6.30. The largest absolute Gasteiger partial charge is 0.312 e. The lowest BCUT2D eigenvalue weighted by molar-refractivity contribution is -0.385. The second-order valence-electron chi connectivity index (χ2n) is 2.75. The summed E-state index contributed by atoms with van der Waals surface area (Å²) in [5.41, 5.74) is 0.0573. The molecule has 6 nitrogen and oxygen atoms in total. The van der Waals surface area contributed by atoms with E-state index in [2.05, 4.69) is 10.4 Å². The molecule has 0 radical (unpaired) electrons. The van der Waals surface area contributed by atoms with Crippen molar-refractivity contribution >= 4 is 5.69 Å². The maximum atomic E-state index is 10.3. The van der Waals surface area contributed by atoms with Gasteiger partial charge in [0, 0.05) is 13.1 Å². The highest BCUT2D eigenvalue weighted by Gasteiger charge is 2.21. The molecule has 12 heavy (non-hydrogen) atoms. The lowest BCUT2D eigenvalue weighted by atomic mass is 10.2. The van der Waals surface area contributed by atoms with Crippen LogP contribution in [0.15, 0.2) is 12.4 Å². The first-order chi connectivity index (χ1) is 5.77. The lowest BCUT2D eigenvalue weighted by Gasteiger charge is -2.26. The van der Waals surface area contributed by atoms with Crippen LogP contribution in [0.5, 0.6) is 0 Å². The van der Waals surface area contributed by atoms with Gasteiger partial charge in [0.2, 0.25) is 0 Å². The third-order valence-electron chi connectivity index (χ3n) is 1.93. The fourth-order valence-electron chi connectivity index (χ4n) is 1.08. The van der Waals surface area contributed by atoms with E-state index in [-0.39, 0.29) is 5.69 Å². The zero-order chi connectivity index (χ0) is 8.55. The Morgan fingerprint density at radius 1 is 1.75 bits per heavy atom. The molecule has 0 amide bonds. The van der Waals surface area contributed by atoms with Gasteiger partial charge in [0.1, 0.15) is 12.4 Å². The molecular formula is C6H8N4O2. The van der Waals surface area contributed by atoms with Gasteiger partial charge in [-0.05, 0) is 0 Å². The molecule has 6 heteroatoms. The van der Waals surface area contributed by atoms with Gasteiger partial charge in [0.25, 0.3) is 0 Å². The first-order valence-corrected chi connectivity index (χ1v) is 3.66. The van der Waals surface area contributed by atoms with Crippen molar-refractivity contribution in [3.63, 3.8) is 0 Å². The van der Waals surface area contributed by atoms with E-state index in [9.17, 15) is 10.1 Å². The van der Waals surface area contributed by atoms with Crippen LogP contribution >= 0.6 is 0 Å². The predicted octanol–water partition coefficient (Wildman–Crippen LogP) is -0.0644. The Hall–Kier alpha value is -1.43. The van der Waals surface area contributed by atoms with Gasteiger partial charge in [0.05, 0.1) is 11.0 Å². The number of hydrogen-bond donors (Lipinski definition) is 1. The summed E-state index contributed by atoms with van der Waals surface area (Å²) in [7, 11) is 0. The molecule has 1 N–H and O–H groups in total. The molecular weight excluding hydrogens is 160 g/mol. The van der Waals surface area contributed by atoms with E-state index in [0.717, 1.165) is 13.1 Å². The van der Waals surface area contributed by atoms with Crippen molar-refractivity contribution < 1.29 is 4.92 Å². The number of nitrogens with one attached hydrogen (secondary N) is 1. The fourth-order valence-corrected chi connectivity index (χ4v) is 1.08. The molecule has 0 aromatic carbocycles. The Balaban J connectivity index is 2.17. The zero-order valence-corrected chi connectivity index (χ0v) is 6.30. The predicted molar refractivity (Wildman–Crippen MR) is 40.8 cm³/mol. The normalized spacial score (nSPS) is 17.3. The molecule has 2 rings (SSSR count). The topological polar surface area (TPSA) is 73.0 Å². The summed E-state index contributed by atoms with van der Waals surface area (Å²) in [4.78, 5) is 9.84. The van der Waals surface area contributed by atoms with Crippen LogP contribution in [0.1, 0.15) is 6.04 Å². The van der Waals surface area contributed by atoms with Gasteiger partial charge in [0.15, 0.2) is 0 Å². The minimum Gasteiger partial charge on any atom is -0.312 e. The summed E-state index contributed by atoms with van der Waals surface area (Å²) < 4.78 is 1.63. The lowest BCUT2D eigenvalue weighted by Crippen LogP contribution is -2.43. The van der Waals surface area contributed by atoms with E-state index in [1.807, 2.05) is 0 Å². The van der Waals surface area contributed by atoms with Gasteiger partial charge in [-0.3, -0.25) is 14.8 Å². The number of nitrogens with zero attached hydrogens (tertiary/aromatic N) is 3. The molecule has 1 aromatic rings. The Labute approximate surface area is 68.3 Å². The summed E-state index contributed by atoms with van der Waals surface area (Å²) in [6, 6.07) is 0.290. The molecule has 1 aliphatic rings. The van der Waals surface area contributed by atoms with Crippen LogP contribution in [0.2, 0.25) is 0 Å². The number of hydrogen-bond acceptors (Lipinski definition) is 4. The van der Waals surface area contributed by atoms with Crippen LogP contribution in [0.25, 0.3) is 0 Å². The van der Waals surface area contributed by atoms with E-state index < -0.39 is 4.92 Å². The van der Waals surface area contributed by atoms with Crippen LogP contribution in [0.3, 0.4) is 0 Å². The molecule has 0 atom stereocenters.